The maximum atomic E-state index is 12.3. The minimum atomic E-state index is -0.638. The van der Waals surface area contributed by atoms with Gasteiger partial charge >= 0.3 is 6.09 Å². The van der Waals surface area contributed by atoms with Gasteiger partial charge in [-0.1, -0.05) is 39.5 Å². The Bertz CT molecular complexity index is 731. The predicted molar refractivity (Wildman–Crippen MR) is 134 cm³/mol. The second kappa shape index (κ2) is 15.5. The molecule has 34 heavy (non-hydrogen) atoms. The van der Waals surface area contributed by atoms with Crippen molar-refractivity contribution in [2.45, 2.75) is 91.2 Å². The number of carbonyl (C=O) groups excluding carboxylic acids is 1. The van der Waals surface area contributed by atoms with E-state index in [2.05, 4.69) is 19.2 Å². The van der Waals surface area contributed by atoms with Crippen LogP contribution in [0.4, 0.5) is 4.79 Å². The van der Waals surface area contributed by atoms with Crippen LogP contribution in [0.2, 0.25) is 0 Å². The van der Waals surface area contributed by atoms with Crippen LogP contribution in [0.1, 0.15) is 78.7 Å². The van der Waals surface area contributed by atoms with E-state index < -0.39 is 17.7 Å². The molecule has 1 aromatic carbocycles. The van der Waals surface area contributed by atoms with Crippen molar-refractivity contribution in [2.24, 2.45) is 0 Å². The molecule has 8 heteroatoms. The van der Waals surface area contributed by atoms with Crippen LogP contribution in [-0.2, 0) is 11.2 Å². The quantitative estimate of drug-likeness (QED) is 0.309. The third-order valence-electron chi connectivity index (χ3n) is 5.05. The van der Waals surface area contributed by atoms with Crippen molar-refractivity contribution in [3.8, 4) is 23.0 Å². The molecule has 0 aromatic heterocycles. The maximum absolute atomic E-state index is 12.3. The zero-order chi connectivity index (χ0) is 25.6. The molecule has 0 fully saturated rings. The molecule has 196 valence electrons. The van der Waals surface area contributed by atoms with Crippen LogP contribution < -0.4 is 24.3 Å². The Hall–Kier alpha value is -2.35. The van der Waals surface area contributed by atoms with Gasteiger partial charge in [0.15, 0.2) is 11.5 Å². The zero-order valence-electron chi connectivity index (χ0n) is 22.1. The van der Waals surface area contributed by atoms with Gasteiger partial charge in [-0.05, 0) is 46.1 Å². The van der Waals surface area contributed by atoms with Crippen molar-refractivity contribution in [3.63, 3.8) is 0 Å². The normalized spacial score (nSPS) is 12.1. The first-order valence-electron chi connectivity index (χ1n) is 12.3. The van der Waals surface area contributed by atoms with Crippen molar-refractivity contribution in [1.29, 1.82) is 0 Å². The maximum Gasteiger partial charge on any atom is 0.407 e. The van der Waals surface area contributed by atoms with E-state index in [-0.39, 0.29) is 6.61 Å². The molecule has 0 saturated carbocycles. The van der Waals surface area contributed by atoms with Crippen molar-refractivity contribution in [2.75, 3.05) is 34.0 Å². The van der Waals surface area contributed by atoms with Crippen LogP contribution in [0.5, 0.6) is 23.0 Å². The molecule has 0 unspecified atom stereocenters. The van der Waals surface area contributed by atoms with Gasteiger partial charge in [0, 0.05) is 5.56 Å². The fourth-order valence-corrected chi connectivity index (χ4v) is 3.41. The number of hydrogen-bond donors (Lipinski definition) is 2. The molecule has 0 heterocycles. The number of benzene rings is 1. The van der Waals surface area contributed by atoms with Gasteiger partial charge in [0.2, 0.25) is 11.5 Å². The summed E-state index contributed by atoms with van der Waals surface area (Å²) >= 11 is 0. The Morgan fingerprint density at radius 1 is 0.941 bits per heavy atom. The van der Waals surface area contributed by atoms with Crippen molar-refractivity contribution in [3.05, 3.63) is 11.6 Å². The summed E-state index contributed by atoms with van der Waals surface area (Å²) in [6.07, 6.45) is 5.81. The Balaban J connectivity index is 3.28. The van der Waals surface area contributed by atoms with Gasteiger partial charge in [-0.25, -0.2) is 4.79 Å². The van der Waals surface area contributed by atoms with Gasteiger partial charge < -0.3 is 34.1 Å². The molecule has 1 amide bonds. The highest BCUT2D eigenvalue weighted by Crippen LogP contribution is 2.47. The SMILES string of the molecule is CCCCCOc1cc(C[C@@H](CO)NC(=O)OC(C)(C)C)c(OCCCCC)c(OC)c1OC. The summed E-state index contributed by atoms with van der Waals surface area (Å²) < 4.78 is 28.9. The topological polar surface area (TPSA) is 95.5 Å². The third-order valence-corrected chi connectivity index (χ3v) is 5.05. The zero-order valence-corrected chi connectivity index (χ0v) is 22.1. The first-order valence-corrected chi connectivity index (χ1v) is 12.3. The number of amides is 1. The number of unbranched alkanes of at least 4 members (excludes halogenated alkanes) is 4. The number of alkyl carbamates (subject to hydrolysis) is 1. The van der Waals surface area contributed by atoms with Gasteiger partial charge in [0.05, 0.1) is 40.1 Å². The van der Waals surface area contributed by atoms with Crippen LogP contribution in [0, 0.1) is 0 Å². The second-order valence-electron chi connectivity index (χ2n) is 9.27. The Labute approximate surface area is 205 Å². The molecule has 0 radical (unpaired) electrons. The van der Waals surface area contributed by atoms with Crippen molar-refractivity contribution >= 4 is 6.09 Å². The van der Waals surface area contributed by atoms with E-state index in [1.807, 2.05) is 6.07 Å². The number of hydrogen-bond acceptors (Lipinski definition) is 7. The summed E-state index contributed by atoms with van der Waals surface area (Å²) in [5, 5.41) is 12.7. The highest BCUT2D eigenvalue weighted by molar-refractivity contribution is 5.68. The molecule has 0 saturated heterocycles. The molecule has 0 spiro atoms. The Morgan fingerprint density at radius 2 is 1.53 bits per heavy atom. The molecular formula is C26H45NO7. The standard InChI is InChI=1S/C26H45NO7/c1-8-10-12-14-32-21-17-19(16-20(18-28)27-25(29)34-26(3,4)5)22(33-15-13-11-9-2)24(31-7)23(21)30-6/h17,20,28H,8-16,18H2,1-7H3,(H,27,29)/t20-/m0/s1. The number of nitrogens with one attached hydrogen (secondary N) is 1. The van der Waals surface area contributed by atoms with Crippen LogP contribution in [-0.4, -0.2) is 56.9 Å². The molecule has 0 aliphatic carbocycles. The molecule has 8 nitrogen and oxygen atoms in total. The summed E-state index contributed by atoms with van der Waals surface area (Å²) in [6.45, 7) is 10.4. The van der Waals surface area contributed by atoms with Crippen LogP contribution in [0.25, 0.3) is 0 Å². The fourth-order valence-electron chi connectivity index (χ4n) is 3.41. The predicted octanol–water partition coefficient (Wildman–Crippen LogP) is 5.27. The number of aliphatic hydroxyl groups excluding tert-OH is 1. The van der Waals surface area contributed by atoms with E-state index in [4.69, 9.17) is 23.7 Å². The lowest BCUT2D eigenvalue weighted by Crippen LogP contribution is -2.42. The number of methoxy groups -OCH3 is 2. The van der Waals surface area contributed by atoms with E-state index in [0.29, 0.717) is 42.6 Å². The molecule has 0 aliphatic heterocycles. The van der Waals surface area contributed by atoms with Crippen LogP contribution in [0.15, 0.2) is 6.07 Å². The van der Waals surface area contributed by atoms with Crippen LogP contribution >= 0.6 is 0 Å². The Morgan fingerprint density at radius 3 is 2.03 bits per heavy atom. The average molecular weight is 484 g/mol. The summed E-state index contributed by atoms with van der Waals surface area (Å²) in [7, 11) is 3.13. The van der Waals surface area contributed by atoms with Gasteiger partial charge in [0.1, 0.15) is 5.60 Å². The highest BCUT2D eigenvalue weighted by atomic mass is 16.6. The van der Waals surface area contributed by atoms with Gasteiger partial charge in [-0.15, -0.1) is 0 Å². The average Bonchev–Trinajstić information content (AvgIpc) is 2.78. The molecule has 1 aromatic rings. The van der Waals surface area contributed by atoms with E-state index in [9.17, 15) is 9.90 Å². The second-order valence-corrected chi connectivity index (χ2v) is 9.27. The van der Waals surface area contributed by atoms with Crippen LogP contribution in [0.3, 0.4) is 0 Å². The summed E-state index contributed by atoms with van der Waals surface area (Å²) in [6, 6.07) is 1.26. The third kappa shape index (κ3) is 10.3. The number of ether oxygens (including phenoxy) is 5. The first kappa shape index (κ1) is 29.7. The minimum Gasteiger partial charge on any atom is -0.490 e. The summed E-state index contributed by atoms with van der Waals surface area (Å²) in [5.74, 6) is 1.98. The summed E-state index contributed by atoms with van der Waals surface area (Å²) in [5.41, 5.74) is 0.107. The minimum absolute atomic E-state index is 0.268. The molecule has 0 bridgehead atoms. The number of aliphatic hydroxyl groups is 1. The van der Waals surface area contributed by atoms with Crippen molar-refractivity contribution in [1.82, 2.24) is 5.32 Å². The van der Waals surface area contributed by atoms with E-state index >= 15 is 0 Å². The Kier molecular flexibility index (Phi) is 13.6. The molecular weight excluding hydrogens is 438 g/mol. The molecule has 0 aliphatic rings. The lowest BCUT2D eigenvalue weighted by molar-refractivity contribution is 0.0482. The van der Waals surface area contributed by atoms with Crippen molar-refractivity contribution < 1.29 is 33.6 Å². The highest BCUT2D eigenvalue weighted by Gasteiger charge is 2.26. The number of carbonyl (C=O) groups is 1. The molecule has 2 N–H and O–H groups in total. The smallest absolute Gasteiger partial charge is 0.407 e. The van der Waals surface area contributed by atoms with Gasteiger partial charge in [-0.3, -0.25) is 0 Å². The van der Waals surface area contributed by atoms with E-state index in [0.717, 1.165) is 44.1 Å². The van der Waals surface area contributed by atoms with Gasteiger partial charge in [-0.2, -0.15) is 0 Å². The molecule has 1 atom stereocenters. The summed E-state index contributed by atoms with van der Waals surface area (Å²) in [4.78, 5) is 12.3. The number of rotatable bonds is 16. The fraction of sp³-hybridized carbons (Fsp3) is 0.731. The lowest BCUT2D eigenvalue weighted by Gasteiger charge is -2.25. The van der Waals surface area contributed by atoms with E-state index in [1.54, 1.807) is 35.0 Å². The molecule has 1 rings (SSSR count). The largest absolute Gasteiger partial charge is 0.490 e. The monoisotopic (exact) mass is 483 g/mol. The first-order chi connectivity index (χ1) is 16.2. The lowest BCUT2D eigenvalue weighted by atomic mass is 10.0. The van der Waals surface area contributed by atoms with E-state index in [1.165, 1.54) is 0 Å². The van der Waals surface area contributed by atoms with Gasteiger partial charge in [0.25, 0.3) is 0 Å².